The van der Waals surface area contributed by atoms with Crippen molar-refractivity contribution in [3.05, 3.63) is 35.6 Å². The number of halogens is 2. The number of hydrogen-bond acceptors (Lipinski definition) is 2. The molecule has 1 aromatic rings. The first-order chi connectivity index (χ1) is 12.7. The molecule has 152 valence electrons. The summed E-state index contributed by atoms with van der Waals surface area (Å²) >= 11 is 0. The standard InChI is InChI=1S/C21H32FN3O.HI/c1-3-26-13-12-21(10-6-7-11-21)15-24-20(23-2)25-19-14-17(19)16-8-4-5-9-18(16)22;/h4-5,8-9,17,19H,3,6-7,10-15H2,1-2H3,(H2,23,24,25);1H. The lowest BCUT2D eigenvalue weighted by Crippen LogP contribution is -2.44. The van der Waals surface area contributed by atoms with Crippen molar-refractivity contribution < 1.29 is 9.13 Å². The highest BCUT2D eigenvalue weighted by atomic mass is 127. The molecule has 4 nitrogen and oxygen atoms in total. The molecule has 2 fully saturated rings. The average molecular weight is 489 g/mol. The topological polar surface area (TPSA) is 45.6 Å². The molecule has 2 aliphatic carbocycles. The SMILES string of the molecule is CCOCCC1(CNC(=NC)NC2CC2c2ccccc2F)CCCC1.I. The summed E-state index contributed by atoms with van der Waals surface area (Å²) in [5.41, 5.74) is 1.13. The van der Waals surface area contributed by atoms with Crippen molar-refractivity contribution in [2.45, 2.75) is 57.4 Å². The minimum absolute atomic E-state index is 0. The van der Waals surface area contributed by atoms with Gasteiger partial charge in [0.2, 0.25) is 0 Å². The van der Waals surface area contributed by atoms with Gasteiger partial charge in [0.1, 0.15) is 5.82 Å². The van der Waals surface area contributed by atoms with E-state index in [4.69, 9.17) is 4.74 Å². The molecule has 0 radical (unpaired) electrons. The molecule has 2 unspecified atom stereocenters. The molecule has 0 bridgehead atoms. The maximum atomic E-state index is 13.9. The second-order valence-electron chi connectivity index (χ2n) is 7.69. The third-order valence-corrected chi connectivity index (χ3v) is 5.92. The van der Waals surface area contributed by atoms with Crippen molar-refractivity contribution in [2.24, 2.45) is 10.4 Å². The van der Waals surface area contributed by atoms with Crippen LogP contribution in [0.5, 0.6) is 0 Å². The molecule has 0 spiro atoms. The molecule has 0 saturated heterocycles. The van der Waals surface area contributed by atoms with Crippen LogP contribution in [-0.2, 0) is 4.74 Å². The number of ether oxygens (including phenoxy) is 1. The van der Waals surface area contributed by atoms with E-state index in [0.29, 0.717) is 5.41 Å². The van der Waals surface area contributed by atoms with E-state index in [9.17, 15) is 4.39 Å². The molecule has 1 aromatic carbocycles. The molecule has 2 N–H and O–H groups in total. The minimum atomic E-state index is -0.106. The van der Waals surface area contributed by atoms with Crippen molar-refractivity contribution in [3.8, 4) is 0 Å². The van der Waals surface area contributed by atoms with E-state index >= 15 is 0 Å². The Bertz CT molecular complexity index is 619. The highest BCUT2D eigenvalue weighted by Crippen LogP contribution is 2.42. The molecule has 2 aliphatic rings. The second-order valence-corrected chi connectivity index (χ2v) is 7.69. The maximum absolute atomic E-state index is 13.9. The van der Waals surface area contributed by atoms with E-state index in [1.807, 2.05) is 19.1 Å². The lowest BCUT2D eigenvalue weighted by Gasteiger charge is -2.30. The highest BCUT2D eigenvalue weighted by Gasteiger charge is 2.41. The van der Waals surface area contributed by atoms with Gasteiger partial charge in [-0.05, 0) is 49.7 Å². The van der Waals surface area contributed by atoms with Gasteiger partial charge in [-0.15, -0.1) is 24.0 Å². The van der Waals surface area contributed by atoms with E-state index in [1.54, 1.807) is 19.2 Å². The zero-order valence-electron chi connectivity index (χ0n) is 16.5. The van der Waals surface area contributed by atoms with Crippen molar-refractivity contribution in [1.29, 1.82) is 0 Å². The molecule has 0 heterocycles. The predicted octanol–water partition coefficient (Wildman–Crippen LogP) is 4.45. The van der Waals surface area contributed by atoms with Crippen LogP contribution in [0.15, 0.2) is 29.3 Å². The first-order valence-corrected chi connectivity index (χ1v) is 9.97. The molecular formula is C21H33FIN3O. The number of rotatable bonds is 8. The Morgan fingerprint density at radius 2 is 2.04 bits per heavy atom. The fourth-order valence-corrected chi connectivity index (χ4v) is 4.19. The first-order valence-electron chi connectivity index (χ1n) is 9.97. The summed E-state index contributed by atoms with van der Waals surface area (Å²) in [7, 11) is 1.80. The fourth-order valence-electron chi connectivity index (χ4n) is 4.19. The molecule has 3 rings (SSSR count). The molecule has 2 saturated carbocycles. The summed E-state index contributed by atoms with van der Waals surface area (Å²) in [6, 6.07) is 7.34. The van der Waals surface area contributed by atoms with Gasteiger partial charge in [-0.25, -0.2) is 4.39 Å². The van der Waals surface area contributed by atoms with Crippen molar-refractivity contribution in [2.75, 3.05) is 26.8 Å². The fraction of sp³-hybridized carbons (Fsp3) is 0.667. The van der Waals surface area contributed by atoms with Gasteiger partial charge in [-0.2, -0.15) is 0 Å². The summed E-state index contributed by atoms with van der Waals surface area (Å²) < 4.78 is 19.5. The van der Waals surface area contributed by atoms with Gasteiger partial charge in [0.05, 0.1) is 0 Å². The van der Waals surface area contributed by atoms with Crippen LogP contribution >= 0.6 is 24.0 Å². The van der Waals surface area contributed by atoms with E-state index < -0.39 is 0 Å². The van der Waals surface area contributed by atoms with Crippen LogP contribution in [0, 0.1) is 11.2 Å². The Hall–Kier alpha value is -0.890. The number of hydrogen-bond donors (Lipinski definition) is 2. The largest absolute Gasteiger partial charge is 0.382 e. The van der Waals surface area contributed by atoms with Gasteiger partial charge in [-0.3, -0.25) is 4.99 Å². The van der Waals surface area contributed by atoms with E-state index in [1.165, 1.54) is 25.7 Å². The number of benzene rings is 1. The quantitative estimate of drug-likeness (QED) is 0.246. The second kappa shape index (κ2) is 10.6. The third kappa shape index (κ3) is 6.04. The van der Waals surface area contributed by atoms with Crippen LogP contribution in [-0.4, -0.2) is 38.8 Å². The van der Waals surface area contributed by atoms with Crippen LogP contribution in [0.4, 0.5) is 4.39 Å². The van der Waals surface area contributed by atoms with Gasteiger partial charge in [-0.1, -0.05) is 31.0 Å². The van der Waals surface area contributed by atoms with Crippen LogP contribution in [0.3, 0.4) is 0 Å². The Labute approximate surface area is 179 Å². The van der Waals surface area contributed by atoms with Crippen molar-refractivity contribution in [1.82, 2.24) is 10.6 Å². The minimum Gasteiger partial charge on any atom is -0.382 e. The summed E-state index contributed by atoms with van der Waals surface area (Å²) in [6.07, 6.45) is 7.18. The van der Waals surface area contributed by atoms with E-state index in [-0.39, 0.29) is 41.8 Å². The Morgan fingerprint density at radius 3 is 2.70 bits per heavy atom. The zero-order valence-corrected chi connectivity index (χ0v) is 18.8. The normalized spacial score (nSPS) is 23.6. The zero-order chi connectivity index (χ0) is 18.4. The summed E-state index contributed by atoms with van der Waals surface area (Å²) in [5.74, 6) is 0.968. The summed E-state index contributed by atoms with van der Waals surface area (Å²) in [6.45, 7) is 4.60. The molecule has 27 heavy (non-hydrogen) atoms. The average Bonchev–Trinajstić information content (AvgIpc) is 3.25. The Balaban J connectivity index is 0.00000261. The van der Waals surface area contributed by atoms with Gasteiger partial charge in [0.15, 0.2) is 5.96 Å². The van der Waals surface area contributed by atoms with Gasteiger partial charge in [0, 0.05) is 38.8 Å². The maximum Gasteiger partial charge on any atom is 0.191 e. The molecule has 6 heteroatoms. The van der Waals surface area contributed by atoms with Crippen LogP contribution in [0.25, 0.3) is 0 Å². The number of nitrogens with zero attached hydrogens (tertiary/aromatic N) is 1. The van der Waals surface area contributed by atoms with Gasteiger partial charge in [0.25, 0.3) is 0 Å². The van der Waals surface area contributed by atoms with Gasteiger partial charge >= 0.3 is 0 Å². The van der Waals surface area contributed by atoms with E-state index in [2.05, 4.69) is 15.6 Å². The smallest absolute Gasteiger partial charge is 0.191 e. The van der Waals surface area contributed by atoms with Gasteiger partial charge < -0.3 is 15.4 Å². The van der Waals surface area contributed by atoms with Crippen LogP contribution in [0.2, 0.25) is 0 Å². The summed E-state index contributed by atoms with van der Waals surface area (Å²) in [5, 5.41) is 6.99. The lowest BCUT2D eigenvalue weighted by atomic mass is 9.83. The molecule has 0 aliphatic heterocycles. The monoisotopic (exact) mass is 489 g/mol. The van der Waals surface area contributed by atoms with Crippen LogP contribution < -0.4 is 10.6 Å². The van der Waals surface area contributed by atoms with Crippen molar-refractivity contribution >= 4 is 29.9 Å². The molecule has 0 aromatic heterocycles. The molecule has 2 atom stereocenters. The molecular weight excluding hydrogens is 456 g/mol. The lowest BCUT2D eigenvalue weighted by molar-refractivity contribution is 0.105. The third-order valence-electron chi connectivity index (χ3n) is 5.92. The highest BCUT2D eigenvalue weighted by molar-refractivity contribution is 14.0. The number of nitrogens with one attached hydrogen (secondary N) is 2. The first kappa shape index (κ1) is 22.4. The Morgan fingerprint density at radius 1 is 1.30 bits per heavy atom. The van der Waals surface area contributed by atoms with E-state index in [0.717, 1.165) is 44.1 Å². The van der Waals surface area contributed by atoms with Crippen molar-refractivity contribution in [3.63, 3.8) is 0 Å². The predicted molar refractivity (Wildman–Crippen MR) is 119 cm³/mol. The van der Waals surface area contributed by atoms with Crippen LogP contribution in [0.1, 0.15) is 56.9 Å². The molecule has 0 amide bonds. The Kier molecular flexibility index (Phi) is 8.79. The summed E-state index contributed by atoms with van der Waals surface area (Å²) in [4.78, 5) is 4.38. The number of guanidine groups is 1. The number of aliphatic imine (C=N–C) groups is 1.